The number of non-ortho nitro benzene ring substituents is 1. The zero-order valence-electron chi connectivity index (χ0n) is 14.1. The van der Waals surface area contributed by atoms with Crippen molar-refractivity contribution in [3.63, 3.8) is 0 Å². The van der Waals surface area contributed by atoms with E-state index in [0.717, 1.165) is 5.56 Å². The third kappa shape index (κ3) is 4.80. The van der Waals surface area contributed by atoms with Gasteiger partial charge in [-0.25, -0.2) is 4.79 Å². The first-order valence-electron chi connectivity index (χ1n) is 7.72. The Morgan fingerprint density at radius 1 is 1.26 bits per heavy atom. The quantitative estimate of drug-likeness (QED) is 0.359. The van der Waals surface area contributed by atoms with Gasteiger partial charge in [0.2, 0.25) is 5.13 Å². The molecule has 3 aromatic rings. The predicted molar refractivity (Wildman–Crippen MR) is 102 cm³/mol. The lowest BCUT2D eigenvalue weighted by atomic mass is 10.2. The lowest BCUT2D eigenvalue weighted by molar-refractivity contribution is -0.384. The molecule has 0 aliphatic carbocycles. The molecule has 0 fully saturated rings. The van der Waals surface area contributed by atoms with Gasteiger partial charge in [0, 0.05) is 23.6 Å². The molecule has 1 heterocycles. The van der Waals surface area contributed by atoms with Crippen molar-refractivity contribution in [2.45, 2.75) is 15.8 Å². The lowest BCUT2D eigenvalue weighted by Gasteiger charge is -2.05. The van der Waals surface area contributed by atoms with Crippen molar-refractivity contribution in [3.8, 4) is 0 Å². The van der Waals surface area contributed by atoms with Crippen LogP contribution in [0.4, 0.5) is 10.8 Å². The molecule has 0 saturated heterocycles. The highest BCUT2D eigenvalue weighted by Crippen LogP contribution is 2.35. The third-order valence-corrected chi connectivity index (χ3v) is 5.48. The summed E-state index contributed by atoms with van der Waals surface area (Å²) in [6.45, 7) is 0.616. The Hall–Kier alpha value is -2.98. The van der Waals surface area contributed by atoms with Crippen LogP contribution < -0.4 is 5.32 Å². The van der Waals surface area contributed by atoms with E-state index in [1.165, 1.54) is 48.4 Å². The number of ether oxygens (including phenoxy) is 1. The number of methoxy groups -OCH3 is 1. The maximum Gasteiger partial charge on any atom is 0.339 e. The van der Waals surface area contributed by atoms with Crippen molar-refractivity contribution in [1.82, 2.24) is 10.2 Å². The number of nitro benzene ring substituents is 1. The van der Waals surface area contributed by atoms with Gasteiger partial charge in [0.05, 0.1) is 17.6 Å². The molecule has 8 nitrogen and oxygen atoms in total. The number of anilines is 1. The molecule has 2 aromatic carbocycles. The summed E-state index contributed by atoms with van der Waals surface area (Å²) >= 11 is 2.53. The van der Waals surface area contributed by atoms with Crippen LogP contribution in [-0.2, 0) is 11.3 Å². The zero-order chi connectivity index (χ0) is 19.2. The second-order valence-electron chi connectivity index (χ2n) is 5.24. The highest BCUT2D eigenvalue weighted by molar-refractivity contribution is 8.01. The number of hydrogen-bond donors (Lipinski definition) is 1. The van der Waals surface area contributed by atoms with Gasteiger partial charge in [-0.3, -0.25) is 10.1 Å². The topological polar surface area (TPSA) is 107 Å². The molecule has 0 radical (unpaired) electrons. The largest absolute Gasteiger partial charge is 0.465 e. The molecule has 0 unspecified atom stereocenters. The molecule has 3 rings (SSSR count). The van der Waals surface area contributed by atoms with Crippen molar-refractivity contribution in [1.29, 1.82) is 0 Å². The van der Waals surface area contributed by atoms with Gasteiger partial charge in [-0.05, 0) is 11.6 Å². The molecule has 0 aliphatic rings. The van der Waals surface area contributed by atoms with Gasteiger partial charge >= 0.3 is 5.97 Å². The molecular formula is C17H14N4O4S2. The van der Waals surface area contributed by atoms with Crippen LogP contribution in [0.1, 0.15) is 15.9 Å². The Bertz CT molecular complexity index is 963. The fourth-order valence-corrected chi connectivity index (χ4v) is 3.98. The van der Waals surface area contributed by atoms with E-state index in [4.69, 9.17) is 4.74 Å². The second-order valence-corrected chi connectivity index (χ2v) is 7.51. The van der Waals surface area contributed by atoms with E-state index in [0.29, 0.717) is 20.9 Å². The van der Waals surface area contributed by atoms with E-state index < -0.39 is 10.9 Å². The minimum atomic E-state index is -0.645. The van der Waals surface area contributed by atoms with Gasteiger partial charge in [0.25, 0.3) is 5.69 Å². The summed E-state index contributed by atoms with van der Waals surface area (Å²) in [5.74, 6) is -0.645. The van der Waals surface area contributed by atoms with Gasteiger partial charge in [0.15, 0.2) is 4.34 Å². The molecule has 0 atom stereocenters. The van der Waals surface area contributed by atoms with Crippen molar-refractivity contribution in [2.24, 2.45) is 0 Å². The zero-order valence-corrected chi connectivity index (χ0v) is 15.8. The highest BCUT2D eigenvalue weighted by atomic mass is 32.2. The minimum absolute atomic E-state index is 0.116. The number of esters is 1. The molecule has 1 N–H and O–H groups in total. The number of carbonyl (C=O) groups excluding carboxylic acids is 1. The summed E-state index contributed by atoms with van der Waals surface area (Å²) in [6.07, 6.45) is 0. The molecular weight excluding hydrogens is 388 g/mol. The summed E-state index contributed by atoms with van der Waals surface area (Å²) in [5.41, 5.74) is 1.05. The van der Waals surface area contributed by atoms with Crippen LogP contribution in [0.2, 0.25) is 0 Å². The van der Waals surface area contributed by atoms with Crippen molar-refractivity contribution in [2.75, 3.05) is 12.4 Å². The van der Waals surface area contributed by atoms with E-state index in [2.05, 4.69) is 15.5 Å². The molecule has 0 saturated carbocycles. The number of nitro groups is 1. The molecule has 138 valence electrons. The van der Waals surface area contributed by atoms with Crippen molar-refractivity contribution < 1.29 is 14.5 Å². The number of benzene rings is 2. The highest BCUT2D eigenvalue weighted by Gasteiger charge is 2.19. The number of carbonyl (C=O) groups is 1. The minimum Gasteiger partial charge on any atom is -0.465 e. The van der Waals surface area contributed by atoms with Crippen LogP contribution in [0.3, 0.4) is 0 Å². The molecule has 0 spiro atoms. The average molecular weight is 402 g/mol. The first-order chi connectivity index (χ1) is 13.1. The molecule has 27 heavy (non-hydrogen) atoms. The Kier molecular flexibility index (Phi) is 5.99. The summed E-state index contributed by atoms with van der Waals surface area (Å²) in [5, 5.41) is 22.9. The molecule has 0 aliphatic heterocycles. The number of nitrogens with zero attached hydrogens (tertiary/aromatic N) is 3. The Balaban J connectivity index is 1.74. The van der Waals surface area contributed by atoms with E-state index >= 15 is 0 Å². The fourth-order valence-electron chi connectivity index (χ4n) is 2.18. The van der Waals surface area contributed by atoms with Crippen LogP contribution in [0.25, 0.3) is 0 Å². The summed E-state index contributed by atoms with van der Waals surface area (Å²) in [4.78, 5) is 22.9. The summed E-state index contributed by atoms with van der Waals surface area (Å²) in [7, 11) is 1.23. The van der Waals surface area contributed by atoms with Gasteiger partial charge in [-0.1, -0.05) is 53.4 Å². The van der Waals surface area contributed by atoms with Gasteiger partial charge in [-0.2, -0.15) is 0 Å². The van der Waals surface area contributed by atoms with Crippen LogP contribution in [0.5, 0.6) is 0 Å². The lowest BCUT2D eigenvalue weighted by Crippen LogP contribution is -2.04. The van der Waals surface area contributed by atoms with E-state index in [-0.39, 0.29) is 11.3 Å². The van der Waals surface area contributed by atoms with Crippen LogP contribution >= 0.6 is 23.1 Å². The predicted octanol–water partition coefficient (Wildman–Crippen LogP) is 4.00. The SMILES string of the molecule is COC(=O)c1cc([N+](=O)[O-])ccc1Sc1nnc(NCc2ccccc2)s1. The van der Waals surface area contributed by atoms with Gasteiger partial charge in [-0.15, -0.1) is 10.2 Å². The van der Waals surface area contributed by atoms with Crippen LogP contribution in [0, 0.1) is 10.1 Å². The number of aromatic nitrogens is 2. The Morgan fingerprint density at radius 2 is 2.04 bits per heavy atom. The smallest absolute Gasteiger partial charge is 0.339 e. The first-order valence-corrected chi connectivity index (χ1v) is 9.36. The normalized spacial score (nSPS) is 10.4. The maximum absolute atomic E-state index is 12.0. The standard InChI is InChI=1S/C17H14N4O4S2/c1-25-15(22)13-9-12(21(23)24)7-8-14(13)26-17-20-19-16(27-17)18-10-11-5-3-2-4-6-11/h2-9H,10H2,1H3,(H,18,19). The number of nitrogens with one attached hydrogen (secondary N) is 1. The fraction of sp³-hybridized carbons (Fsp3) is 0.118. The van der Waals surface area contributed by atoms with Crippen LogP contribution in [0.15, 0.2) is 57.8 Å². The molecule has 0 amide bonds. The monoisotopic (exact) mass is 402 g/mol. The number of rotatable bonds is 7. The van der Waals surface area contributed by atoms with Crippen molar-refractivity contribution >= 4 is 39.9 Å². The molecule has 1 aromatic heterocycles. The van der Waals surface area contributed by atoms with E-state index in [1.807, 2.05) is 30.3 Å². The Morgan fingerprint density at radius 3 is 2.74 bits per heavy atom. The van der Waals surface area contributed by atoms with E-state index in [1.54, 1.807) is 0 Å². The second kappa shape index (κ2) is 8.60. The molecule has 0 bridgehead atoms. The Labute approximate surface area is 162 Å². The summed E-state index contributed by atoms with van der Waals surface area (Å²) < 4.78 is 5.32. The number of hydrogen-bond acceptors (Lipinski definition) is 9. The van der Waals surface area contributed by atoms with Gasteiger partial charge in [0.1, 0.15) is 0 Å². The molecule has 10 heteroatoms. The van der Waals surface area contributed by atoms with Crippen LogP contribution in [-0.4, -0.2) is 28.2 Å². The maximum atomic E-state index is 12.0. The van der Waals surface area contributed by atoms with Gasteiger partial charge < -0.3 is 10.1 Å². The third-order valence-electron chi connectivity index (χ3n) is 3.47. The average Bonchev–Trinajstić information content (AvgIpc) is 3.14. The first kappa shape index (κ1) is 18.8. The van der Waals surface area contributed by atoms with E-state index in [9.17, 15) is 14.9 Å². The van der Waals surface area contributed by atoms with Crippen molar-refractivity contribution in [3.05, 3.63) is 69.8 Å². The summed E-state index contributed by atoms with van der Waals surface area (Å²) in [6, 6.07) is 13.9.